The predicted molar refractivity (Wildman–Crippen MR) is 129 cm³/mol. The molecule has 34 heavy (non-hydrogen) atoms. The van der Waals surface area contributed by atoms with Gasteiger partial charge in [0.2, 0.25) is 0 Å². The second-order valence-corrected chi connectivity index (χ2v) is 8.40. The van der Waals surface area contributed by atoms with Crippen molar-refractivity contribution in [3.05, 3.63) is 107 Å². The first kappa shape index (κ1) is 23.6. The van der Waals surface area contributed by atoms with Gasteiger partial charge in [0, 0.05) is 11.1 Å². The summed E-state index contributed by atoms with van der Waals surface area (Å²) in [5.41, 5.74) is 2.49. The van der Waals surface area contributed by atoms with Crippen molar-refractivity contribution in [3.8, 4) is 23.0 Å². The van der Waals surface area contributed by atoms with Gasteiger partial charge in [0.25, 0.3) is 0 Å². The lowest BCUT2D eigenvalue weighted by Gasteiger charge is -2.07. The zero-order valence-electron chi connectivity index (χ0n) is 18.9. The highest BCUT2D eigenvalue weighted by molar-refractivity contribution is 5.87. The Morgan fingerprint density at radius 2 is 1.41 bits per heavy atom. The van der Waals surface area contributed by atoms with Gasteiger partial charge in [-0.1, -0.05) is 62.3 Å². The van der Waals surface area contributed by atoms with Crippen LogP contribution in [0.5, 0.6) is 0 Å². The molecular weight excluding hydrogens is 436 g/mol. The van der Waals surface area contributed by atoms with Gasteiger partial charge in [-0.3, -0.25) is 0 Å². The maximum absolute atomic E-state index is 14.8. The van der Waals surface area contributed by atoms with Gasteiger partial charge in [-0.15, -0.1) is 0 Å². The van der Waals surface area contributed by atoms with E-state index in [0.29, 0.717) is 27.5 Å². The Kier molecular flexibility index (Phi) is 7.33. The van der Waals surface area contributed by atoms with E-state index in [-0.39, 0.29) is 11.4 Å². The van der Waals surface area contributed by atoms with E-state index in [1.807, 2.05) is 6.07 Å². The Balaban J connectivity index is 1.52. The molecule has 0 fully saturated rings. The number of halogens is 4. The summed E-state index contributed by atoms with van der Waals surface area (Å²) in [6.45, 7) is 2.15. The summed E-state index contributed by atoms with van der Waals surface area (Å²) in [5.74, 6) is 2.85. The molecule has 0 nitrogen and oxygen atoms in total. The molecule has 0 aliphatic heterocycles. The van der Waals surface area contributed by atoms with Crippen LogP contribution in [0.1, 0.15) is 49.3 Å². The first-order chi connectivity index (χ1) is 16.4. The summed E-state index contributed by atoms with van der Waals surface area (Å²) in [5, 5.41) is 1.00. The maximum atomic E-state index is 14.8. The van der Waals surface area contributed by atoms with Crippen LogP contribution in [0.4, 0.5) is 17.6 Å². The van der Waals surface area contributed by atoms with Crippen LogP contribution in [0.25, 0.3) is 21.9 Å². The van der Waals surface area contributed by atoms with Gasteiger partial charge in [0.15, 0.2) is 11.6 Å². The van der Waals surface area contributed by atoms with E-state index >= 15 is 0 Å². The minimum Gasteiger partial charge on any atom is -0.206 e. The van der Waals surface area contributed by atoms with Gasteiger partial charge in [0.05, 0.1) is 5.56 Å². The molecule has 0 radical (unpaired) electrons. The number of rotatable bonds is 6. The minimum atomic E-state index is -0.951. The Morgan fingerprint density at radius 1 is 0.618 bits per heavy atom. The van der Waals surface area contributed by atoms with Crippen molar-refractivity contribution in [1.29, 1.82) is 0 Å². The summed E-state index contributed by atoms with van der Waals surface area (Å²) in [4.78, 5) is 0. The molecule has 0 amide bonds. The molecule has 4 aromatic carbocycles. The molecule has 0 spiro atoms. The highest BCUT2D eigenvalue weighted by Crippen LogP contribution is 2.28. The van der Waals surface area contributed by atoms with E-state index in [4.69, 9.17) is 0 Å². The van der Waals surface area contributed by atoms with Crippen molar-refractivity contribution in [3.63, 3.8) is 0 Å². The Labute approximate surface area is 197 Å². The smallest absolute Gasteiger partial charge is 0.159 e. The fourth-order valence-electron chi connectivity index (χ4n) is 3.95. The Bertz CT molecular complexity index is 1390. The largest absolute Gasteiger partial charge is 0.206 e. The van der Waals surface area contributed by atoms with E-state index in [1.54, 1.807) is 36.4 Å². The summed E-state index contributed by atoms with van der Waals surface area (Å²) >= 11 is 0. The molecular formula is C30H24F4. The number of unbranched alkanes of at least 4 members (excludes halogenated alkanes) is 3. The minimum absolute atomic E-state index is 0.269. The van der Waals surface area contributed by atoms with E-state index in [2.05, 4.69) is 18.8 Å². The molecule has 4 rings (SSSR count). The average molecular weight is 461 g/mol. The van der Waals surface area contributed by atoms with Gasteiger partial charge < -0.3 is 0 Å². The zero-order valence-corrected chi connectivity index (χ0v) is 18.9. The van der Waals surface area contributed by atoms with Crippen LogP contribution >= 0.6 is 0 Å². The molecule has 0 aliphatic rings. The fourth-order valence-corrected chi connectivity index (χ4v) is 3.95. The Hall–Kier alpha value is -3.58. The molecule has 0 atom stereocenters. The van der Waals surface area contributed by atoms with Gasteiger partial charge >= 0.3 is 0 Å². The maximum Gasteiger partial charge on any atom is 0.159 e. The van der Waals surface area contributed by atoms with Crippen LogP contribution in [0, 0.1) is 35.1 Å². The lowest BCUT2D eigenvalue weighted by molar-refractivity contribution is 0.511. The molecule has 0 bridgehead atoms. The third-order valence-corrected chi connectivity index (χ3v) is 5.85. The molecule has 0 N–H and O–H groups in total. The van der Waals surface area contributed by atoms with Gasteiger partial charge in [0.1, 0.15) is 11.6 Å². The third-order valence-electron chi connectivity index (χ3n) is 5.85. The Morgan fingerprint density at radius 3 is 2.15 bits per heavy atom. The molecule has 0 aromatic heterocycles. The molecule has 0 saturated heterocycles. The van der Waals surface area contributed by atoms with Crippen molar-refractivity contribution < 1.29 is 17.6 Å². The monoisotopic (exact) mass is 460 g/mol. The standard InChI is InChI=1S/C30H24F4/c1-2-3-4-5-6-20-7-10-22(27(31)15-20)11-8-21-9-14-26(28(32)16-21)24-13-12-23-18-29(33)30(34)19-25(23)17-24/h7,9-10,12-19H,2-6H2,1H3. The van der Waals surface area contributed by atoms with Crippen molar-refractivity contribution in [2.45, 2.75) is 39.0 Å². The predicted octanol–water partition coefficient (Wildman–Crippen LogP) is 8.59. The lowest BCUT2D eigenvalue weighted by atomic mass is 9.99. The highest BCUT2D eigenvalue weighted by atomic mass is 19.2. The fraction of sp³-hybridized carbons (Fsp3) is 0.200. The summed E-state index contributed by atoms with van der Waals surface area (Å²) in [6, 6.07) is 16.7. The van der Waals surface area contributed by atoms with E-state index in [1.165, 1.54) is 18.6 Å². The molecule has 172 valence electrons. The number of hydrogen-bond acceptors (Lipinski definition) is 0. The van der Waals surface area contributed by atoms with Crippen molar-refractivity contribution in [2.24, 2.45) is 0 Å². The first-order valence-electron chi connectivity index (χ1n) is 11.4. The normalized spacial score (nSPS) is 10.9. The SMILES string of the molecule is CCCCCCc1ccc(C#Cc2ccc(-c3ccc4cc(F)c(F)cc4c3)c(F)c2)c(F)c1. The van der Waals surface area contributed by atoms with E-state index in [9.17, 15) is 17.6 Å². The van der Waals surface area contributed by atoms with Crippen LogP contribution in [-0.4, -0.2) is 0 Å². The number of benzene rings is 4. The summed E-state index contributed by atoms with van der Waals surface area (Å²) in [7, 11) is 0. The summed E-state index contributed by atoms with van der Waals surface area (Å²) in [6.07, 6.45) is 5.35. The molecule has 0 aliphatic carbocycles. The third kappa shape index (κ3) is 5.48. The molecule has 0 unspecified atom stereocenters. The molecule has 4 heteroatoms. The number of fused-ring (bicyclic) bond motifs is 1. The second-order valence-electron chi connectivity index (χ2n) is 8.40. The van der Waals surface area contributed by atoms with Gasteiger partial charge in [-0.2, -0.15) is 0 Å². The number of hydrogen-bond donors (Lipinski definition) is 0. The van der Waals surface area contributed by atoms with Crippen molar-refractivity contribution in [2.75, 3.05) is 0 Å². The number of aryl methyl sites for hydroxylation is 1. The zero-order chi connectivity index (χ0) is 24.1. The summed E-state index contributed by atoms with van der Waals surface area (Å²) < 4.78 is 56.3. The van der Waals surface area contributed by atoms with Crippen LogP contribution < -0.4 is 0 Å². The molecule has 4 aromatic rings. The van der Waals surface area contributed by atoms with Gasteiger partial charge in [-0.25, -0.2) is 17.6 Å². The average Bonchev–Trinajstić information content (AvgIpc) is 2.82. The molecule has 0 heterocycles. The quantitative estimate of drug-likeness (QED) is 0.154. The topological polar surface area (TPSA) is 0 Å². The van der Waals surface area contributed by atoms with Crippen LogP contribution in [0.15, 0.2) is 66.7 Å². The van der Waals surface area contributed by atoms with E-state index in [0.717, 1.165) is 43.4 Å². The first-order valence-corrected chi connectivity index (χ1v) is 11.4. The van der Waals surface area contributed by atoms with Crippen molar-refractivity contribution in [1.82, 2.24) is 0 Å². The highest BCUT2D eigenvalue weighted by Gasteiger charge is 2.09. The van der Waals surface area contributed by atoms with E-state index < -0.39 is 17.5 Å². The van der Waals surface area contributed by atoms with Crippen LogP contribution in [-0.2, 0) is 6.42 Å². The molecule has 0 saturated carbocycles. The van der Waals surface area contributed by atoms with Crippen LogP contribution in [0.3, 0.4) is 0 Å². The van der Waals surface area contributed by atoms with Crippen molar-refractivity contribution >= 4 is 10.8 Å². The lowest BCUT2D eigenvalue weighted by Crippen LogP contribution is -1.91. The van der Waals surface area contributed by atoms with Gasteiger partial charge in [-0.05, 0) is 77.2 Å². The second kappa shape index (κ2) is 10.6. The van der Waals surface area contributed by atoms with Crippen LogP contribution in [0.2, 0.25) is 0 Å².